The highest BCUT2D eigenvalue weighted by Crippen LogP contribution is 2.16. The molecule has 0 saturated carbocycles. The van der Waals surface area contributed by atoms with Gasteiger partial charge in [0.1, 0.15) is 0 Å². The van der Waals surface area contributed by atoms with Crippen LogP contribution in [0.5, 0.6) is 0 Å². The number of likely N-dealkylation sites (tertiary alicyclic amines) is 1. The summed E-state index contributed by atoms with van der Waals surface area (Å²) in [5, 5.41) is 29.0. The van der Waals surface area contributed by atoms with Crippen molar-refractivity contribution in [3.63, 3.8) is 0 Å². The maximum absolute atomic E-state index is 11.7. The Morgan fingerprint density at radius 2 is 1.94 bits per heavy atom. The Morgan fingerprint density at radius 1 is 1.33 bits per heavy atom. The Bertz CT molecular complexity index is 289. The topological polar surface area (TPSA) is 110 Å². The summed E-state index contributed by atoms with van der Waals surface area (Å²) < 4.78 is 0. The zero-order valence-corrected chi connectivity index (χ0v) is 10.2. The van der Waals surface area contributed by atoms with E-state index in [-0.39, 0.29) is 31.5 Å². The predicted octanol–water partition coefficient (Wildman–Crippen LogP) is -0.764. The van der Waals surface area contributed by atoms with Gasteiger partial charge in [0.25, 0.3) is 0 Å². The first-order valence-electron chi connectivity index (χ1n) is 6.09. The maximum Gasteiger partial charge on any atom is 0.332 e. The zero-order valence-electron chi connectivity index (χ0n) is 10.2. The smallest absolute Gasteiger partial charge is 0.332 e. The van der Waals surface area contributed by atoms with Gasteiger partial charge < -0.3 is 25.5 Å². The summed E-state index contributed by atoms with van der Waals surface area (Å²) in [6.45, 7) is 1.48. The average Bonchev–Trinajstić information content (AvgIpc) is 2.38. The van der Waals surface area contributed by atoms with Crippen LogP contribution in [0.2, 0.25) is 0 Å². The summed E-state index contributed by atoms with van der Waals surface area (Å²) in [5.74, 6) is -1.02. The molecule has 0 aromatic heterocycles. The molecule has 0 radical (unpaired) electrons. The third-order valence-corrected chi connectivity index (χ3v) is 3.14. The van der Waals surface area contributed by atoms with E-state index in [1.54, 1.807) is 4.90 Å². The first-order chi connectivity index (χ1) is 8.54. The minimum absolute atomic E-state index is 0.00578. The molecular weight excluding hydrogens is 240 g/mol. The second kappa shape index (κ2) is 7.17. The van der Waals surface area contributed by atoms with E-state index in [0.29, 0.717) is 13.1 Å². The molecule has 2 amide bonds. The SMILES string of the molecule is O=C(O)C(O)CCNC(=O)N1CCC(CO)CC1. The fourth-order valence-corrected chi connectivity index (χ4v) is 1.87. The van der Waals surface area contributed by atoms with Crippen LogP contribution >= 0.6 is 0 Å². The van der Waals surface area contributed by atoms with Crippen molar-refractivity contribution in [2.75, 3.05) is 26.2 Å². The van der Waals surface area contributed by atoms with Gasteiger partial charge in [-0.1, -0.05) is 0 Å². The molecule has 0 spiro atoms. The Hall–Kier alpha value is -1.34. The monoisotopic (exact) mass is 260 g/mol. The number of hydrogen-bond donors (Lipinski definition) is 4. The largest absolute Gasteiger partial charge is 0.479 e. The summed E-state index contributed by atoms with van der Waals surface area (Å²) in [7, 11) is 0. The molecule has 0 aromatic carbocycles. The van der Waals surface area contributed by atoms with Gasteiger partial charge in [-0.3, -0.25) is 0 Å². The van der Waals surface area contributed by atoms with Crippen LogP contribution in [0.1, 0.15) is 19.3 Å². The fourth-order valence-electron chi connectivity index (χ4n) is 1.87. The molecule has 18 heavy (non-hydrogen) atoms. The maximum atomic E-state index is 11.7. The van der Waals surface area contributed by atoms with Crippen molar-refractivity contribution in [2.45, 2.75) is 25.4 Å². The lowest BCUT2D eigenvalue weighted by Crippen LogP contribution is -2.45. The highest BCUT2D eigenvalue weighted by Gasteiger charge is 2.22. The van der Waals surface area contributed by atoms with Crippen molar-refractivity contribution in [2.24, 2.45) is 5.92 Å². The average molecular weight is 260 g/mol. The normalized spacial score (nSPS) is 18.4. The Kier molecular flexibility index (Phi) is 5.87. The minimum atomic E-state index is -1.44. The standard InChI is InChI=1S/C11H20N2O5/c14-7-8-2-5-13(6-3-8)11(18)12-4-1-9(15)10(16)17/h8-9,14-15H,1-7H2,(H,12,18)(H,16,17). The Labute approximate surface area is 105 Å². The number of hydrogen-bond acceptors (Lipinski definition) is 4. The number of nitrogens with zero attached hydrogens (tertiary/aromatic N) is 1. The number of rotatable bonds is 5. The summed E-state index contributed by atoms with van der Waals surface area (Å²) in [4.78, 5) is 23.7. The molecular formula is C11H20N2O5. The summed E-state index contributed by atoms with van der Waals surface area (Å²) >= 11 is 0. The Morgan fingerprint density at radius 3 is 2.44 bits per heavy atom. The lowest BCUT2D eigenvalue weighted by atomic mass is 9.98. The van der Waals surface area contributed by atoms with Gasteiger partial charge in [0.05, 0.1) is 0 Å². The molecule has 1 aliphatic rings. The number of carboxylic acids is 1. The molecule has 7 nitrogen and oxygen atoms in total. The zero-order chi connectivity index (χ0) is 13.5. The number of carbonyl (C=O) groups excluding carboxylic acids is 1. The van der Waals surface area contributed by atoms with E-state index in [9.17, 15) is 9.59 Å². The van der Waals surface area contributed by atoms with Gasteiger partial charge in [-0.05, 0) is 18.8 Å². The molecule has 1 unspecified atom stereocenters. The van der Waals surface area contributed by atoms with Crippen LogP contribution in [0.15, 0.2) is 0 Å². The summed E-state index contributed by atoms with van der Waals surface area (Å²) in [6, 6.07) is -0.246. The fraction of sp³-hybridized carbons (Fsp3) is 0.818. The van der Waals surface area contributed by atoms with E-state index >= 15 is 0 Å². The number of amides is 2. The van der Waals surface area contributed by atoms with Crippen molar-refractivity contribution in [1.82, 2.24) is 10.2 Å². The van der Waals surface area contributed by atoms with Crippen LogP contribution in [0, 0.1) is 5.92 Å². The Balaban J connectivity index is 2.19. The molecule has 1 fully saturated rings. The van der Waals surface area contributed by atoms with Gasteiger partial charge in [0.2, 0.25) is 0 Å². The number of aliphatic hydroxyl groups excluding tert-OH is 2. The molecule has 1 atom stereocenters. The molecule has 1 rings (SSSR count). The van der Waals surface area contributed by atoms with Crippen molar-refractivity contribution in [3.8, 4) is 0 Å². The van der Waals surface area contributed by atoms with Crippen molar-refractivity contribution < 1.29 is 24.9 Å². The van der Waals surface area contributed by atoms with Gasteiger partial charge >= 0.3 is 12.0 Å². The number of urea groups is 1. The molecule has 104 valence electrons. The van der Waals surface area contributed by atoms with Crippen molar-refractivity contribution in [1.29, 1.82) is 0 Å². The van der Waals surface area contributed by atoms with Gasteiger partial charge in [0.15, 0.2) is 6.10 Å². The molecule has 4 N–H and O–H groups in total. The number of aliphatic carboxylic acids is 1. The third kappa shape index (κ3) is 4.50. The number of aliphatic hydroxyl groups is 2. The second-order valence-corrected chi connectivity index (χ2v) is 4.49. The number of carboxylic acid groups (broad SMARTS) is 1. The van der Waals surface area contributed by atoms with E-state index in [0.717, 1.165) is 12.8 Å². The molecule has 1 aliphatic heterocycles. The molecule has 0 bridgehead atoms. The highest BCUT2D eigenvalue weighted by molar-refractivity contribution is 5.74. The van der Waals surface area contributed by atoms with Gasteiger partial charge in [-0.15, -0.1) is 0 Å². The summed E-state index contributed by atoms with van der Waals surface area (Å²) in [6.07, 6.45) is 0.114. The third-order valence-electron chi connectivity index (χ3n) is 3.14. The van der Waals surface area contributed by atoms with Crippen LogP contribution in [0.4, 0.5) is 4.79 Å². The van der Waals surface area contributed by atoms with Crippen LogP contribution in [0.25, 0.3) is 0 Å². The van der Waals surface area contributed by atoms with E-state index in [4.69, 9.17) is 15.3 Å². The first kappa shape index (κ1) is 14.7. The molecule has 1 saturated heterocycles. The quantitative estimate of drug-likeness (QED) is 0.519. The van der Waals surface area contributed by atoms with Gasteiger partial charge in [0, 0.05) is 32.7 Å². The van der Waals surface area contributed by atoms with Crippen LogP contribution < -0.4 is 5.32 Å². The number of nitrogens with one attached hydrogen (secondary N) is 1. The lowest BCUT2D eigenvalue weighted by molar-refractivity contribution is -0.146. The second-order valence-electron chi connectivity index (χ2n) is 4.49. The molecule has 7 heteroatoms. The first-order valence-corrected chi connectivity index (χ1v) is 6.09. The van der Waals surface area contributed by atoms with Crippen LogP contribution in [-0.2, 0) is 4.79 Å². The van der Waals surface area contributed by atoms with E-state index in [1.807, 2.05) is 0 Å². The van der Waals surface area contributed by atoms with Crippen molar-refractivity contribution >= 4 is 12.0 Å². The van der Waals surface area contributed by atoms with Crippen LogP contribution in [-0.4, -0.2) is 64.6 Å². The lowest BCUT2D eigenvalue weighted by Gasteiger charge is -2.31. The predicted molar refractivity (Wildman–Crippen MR) is 63.0 cm³/mol. The molecule has 0 aliphatic carbocycles. The summed E-state index contributed by atoms with van der Waals surface area (Å²) in [5.41, 5.74) is 0. The number of piperidine rings is 1. The minimum Gasteiger partial charge on any atom is -0.479 e. The van der Waals surface area contributed by atoms with Gasteiger partial charge in [-0.2, -0.15) is 0 Å². The van der Waals surface area contributed by atoms with Crippen molar-refractivity contribution in [3.05, 3.63) is 0 Å². The number of carbonyl (C=O) groups is 2. The highest BCUT2D eigenvalue weighted by atomic mass is 16.4. The van der Waals surface area contributed by atoms with E-state index in [1.165, 1.54) is 0 Å². The molecule has 1 heterocycles. The van der Waals surface area contributed by atoms with Crippen LogP contribution in [0.3, 0.4) is 0 Å². The van der Waals surface area contributed by atoms with E-state index in [2.05, 4.69) is 5.32 Å². The van der Waals surface area contributed by atoms with E-state index < -0.39 is 12.1 Å². The van der Waals surface area contributed by atoms with Gasteiger partial charge in [-0.25, -0.2) is 9.59 Å². The molecule has 0 aromatic rings.